The van der Waals surface area contributed by atoms with Crippen LogP contribution in [0.25, 0.3) is 6.08 Å². The number of rotatable bonds is 12. The van der Waals surface area contributed by atoms with Crippen LogP contribution in [0.1, 0.15) is 18.1 Å². The van der Waals surface area contributed by atoms with Gasteiger partial charge >= 0.3 is 5.97 Å². The Morgan fingerprint density at radius 3 is 2.11 bits per heavy atom. The predicted molar refractivity (Wildman–Crippen MR) is 174 cm³/mol. The van der Waals surface area contributed by atoms with Crippen molar-refractivity contribution >= 4 is 12.0 Å². The van der Waals surface area contributed by atoms with E-state index in [9.17, 15) is 61.0 Å². The van der Waals surface area contributed by atoms with Crippen LogP contribution >= 0.6 is 0 Å². The number of carbonyl (C=O) groups excluding carboxylic acids is 1. The molecule has 0 saturated carbocycles. The molecule has 0 bridgehead atoms. The minimum Gasteiger partial charge on any atom is -0.504 e. The van der Waals surface area contributed by atoms with Gasteiger partial charge in [-0.1, -0.05) is 12.1 Å². The van der Waals surface area contributed by atoms with Gasteiger partial charge in [0, 0.05) is 6.08 Å². The number of aromatic hydroxyl groups is 4. The lowest BCUT2D eigenvalue weighted by atomic mass is 9.96. The van der Waals surface area contributed by atoms with E-state index in [-0.39, 0.29) is 30.1 Å². The summed E-state index contributed by atoms with van der Waals surface area (Å²) in [6.07, 6.45) is -20.0. The third-order valence-corrected chi connectivity index (χ3v) is 8.97. The van der Waals surface area contributed by atoms with Crippen molar-refractivity contribution < 1.29 is 94.1 Å². The largest absolute Gasteiger partial charge is 0.504 e. The summed E-state index contributed by atoms with van der Waals surface area (Å²) in [6.45, 7) is 0.237. The molecule has 0 aliphatic carbocycles. The summed E-state index contributed by atoms with van der Waals surface area (Å²) in [4.78, 5) is 13.2. The fraction of sp³-hybridized carbons (Fsp3) is 0.559. The molecule has 14 atom stereocenters. The van der Waals surface area contributed by atoms with Crippen molar-refractivity contribution in [3.63, 3.8) is 0 Å². The molecule has 294 valence electrons. The minimum atomic E-state index is -1.86. The Bertz CT molecular complexity index is 1560. The lowest BCUT2D eigenvalue weighted by Gasteiger charge is -2.47. The second-order valence-corrected chi connectivity index (χ2v) is 12.8. The van der Waals surface area contributed by atoms with Gasteiger partial charge in [-0.05, 0) is 54.8 Å². The van der Waals surface area contributed by atoms with Gasteiger partial charge in [0.2, 0.25) is 0 Å². The van der Waals surface area contributed by atoms with E-state index in [2.05, 4.69) is 0 Å². The van der Waals surface area contributed by atoms with Crippen molar-refractivity contribution in [1.29, 1.82) is 0 Å². The monoisotopic (exact) mass is 756 g/mol. The van der Waals surface area contributed by atoms with Crippen molar-refractivity contribution in [2.75, 3.05) is 19.8 Å². The number of ether oxygens (including phenoxy) is 7. The zero-order valence-electron chi connectivity index (χ0n) is 28.2. The van der Waals surface area contributed by atoms with E-state index in [0.717, 1.165) is 6.08 Å². The fourth-order valence-corrected chi connectivity index (χ4v) is 5.86. The molecule has 0 spiro atoms. The van der Waals surface area contributed by atoms with Crippen molar-refractivity contribution in [2.45, 2.75) is 99.4 Å². The van der Waals surface area contributed by atoms with Gasteiger partial charge in [0.25, 0.3) is 0 Å². The van der Waals surface area contributed by atoms with Crippen LogP contribution in [0.2, 0.25) is 0 Å². The Morgan fingerprint density at radius 2 is 1.42 bits per heavy atom. The maximum absolute atomic E-state index is 13.2. The van der Waals surface area contributed by atoms with Crippen molar-refractivity contribution in [1.82, 2.24) is 0 Å². The van der Waals surface area contributed by atoms with E-state index < -0.39 is 117 Å². The number of hydrogen-bond acceptors (Lipinski definition) is 19. The molecular formula is C34H44O19. The zero-order valence-corrected chi connectivity index (χ0v) is 28.2. The Hall–Kier alpha value is -3.67. The lowest BCUT2D eigenvalue weighted by Crippen LogP contribution is -2.65. The molecule has 2 aromatic rings. The Kier molecular flexibility index (Phi) is 13.5. The second kappa shape index (κ2) is 17.6. The molecule has 5 rings (SSSR count). The molecule has 3 aliphatic rings. The second-order valence-electron chi connectivity index (χ2n) is 12.8. The number of hydrogen-bond donors (Lipinski definition) is 11. The Labute approximate surface area is 302 Å². The van der Waals surface area contributed by atoms with Gasteiger partial charge < -0.3 is 89.3 Å². The highest BCUT2D eigenvalue weighted by molar-refractivity contribution is 5.87. The van der Waals surface area contributed by atoms with Crippen LogP contribution < -0.4 is 0 Å². The van der Waals surface area contributed by atoms with Gasteiger partial charge in [-0.15, -0.1) is 0 Å². The maximum atomic E-state index is 13.2. The number of esters is 1. The van der Waals surface area contributed by atoms with Crippen LogP contribution in [0.15, 0.2) is 42.5 Å². The van der Waals surface area contributed by atoms with Crippen LogP contribution in [0.4, 0.5) is 0 Å². The molecule has 3 heterocycles. The predicted octanol–water partition coefficient (Wildman–Crippen LogP) is -2.55. The van der Waals surface area contributed by atoms with Crippen LogP contribution in [0, 0.1) is 0 Å². The summed E-state index contributed by atoms with van der Waals surface area (Å²) in [5.74, 6) is -2.62. The summed E-state index contributed by atoms with van der Waals surface area (Å²) < 4.78 is 40.1. The molecule has 3 fully saturated rings. The first kappa shape index (κ1) is 40.5. The summed E-state index contributed by atoms with van der Waals surface area (Å²) in [5, 5.41) is 112. The average molecular weight is 757 g/mol. The third-order valence-electron chi connectivity index (χ3n) is 8.97. The zero-order chi connectivity index (χ0) is 38.6. The molecule has 0 unspecified atom stereocenters. The number of aliphatic hydroxyl groups is 7. The SMILES string of the molecule is C[C@H]1O[C@@H](O[C@H]2[C@H](O)[C@H](OCCc3ccc(O)c(O)c3)O[C@@H](CO[C@@H]3OC[C@@H](O)[C@@H](O)[C@@H]3O)[C@H]2OC(=O)/C=C/c2ccc(O)c(O)c2)[C@@H](O)[C@@H](O)[C@H]1O. The fourth-order valence-electron chi connectivity index (χ4n) is 5.86. The Balaban J connectivity index is 1.42. The molecule has 2 aromatic carbocycles. The van der Waals surface area contributed by atoms with E-state index >= 15 is 0 Å². The van der Waals surface area contributed by atoms with Gasteiger partial charge in [0.05, 0.1) is 25.9 Å². The normalized spacial score (nSPS) is 36.4. The number of carbonyl (C=O) groups is 1. The molecule has 19 heteroatoms. The number of phenolic OH excluding ortho intramolecular Hbond substituents is 4. The van der Waals surface area contributed by atoms with E-state index in [4.69, 9.17) is 33.2 Å². The molecule has 3 aliphatic heterocycles. The minimum absolute atomic E-state index is 0.136. The van der Waals surface area contributed by atoms with E-state index in [0.29, 0.717) is 5.56 Å². The van der Waals surface area contributed by atoms with Gasteiger partial charge in [0.1, 0.15) is 54.9 Å². The van der Waals surface area contributed by atoms with Crippen molar-refractivity contribution in [2.24, 2.45) is 0 Å². The summed E-state index contributed by atoms with van der Waals surface area (Å²) >= 11 is 0. The van der Waals surface area contributed by atoms with E-state index in [1.165, 1.54) is 49.4 Å². The molecule has 19 nitrogen and oxygen atoms in total. The maximum Gasteiger partial charge on any atom is 0.331 e. The Morgan fingerprint density at radius 1 is 0.736 bits per heavy atom. The van der Waals surface area contributed by atoms with Crippen LogP contribution in [-0.4, -0.2) is 168 Å². The van der Waals surface area contributed by atoms with Crippen molar-refractivity contribution in [3.05, 3.63) is 53.6 Å². The molecule has 0 aromatic heterocycles. The van der Waals surface area contributed by atoms with Gasteiger partial charge in [-0.25, -0.2) is 4.79 Å². The highest BCUT2D eigenvalue weighted by atomic mass is 16.8. The quantitative estimate of drug-likeness (QED) is 0.0603. The van der Waals surface area contributed by atoms with E-state index in [1.54, 1.807) is 0 Å². The molecule has 0 radical (unpaired) electrons. The molecule has 0 amide bonds. The smallest absolute Gasteiger partial charge is 0.331 e. The molecular weight excluding hydrogens is 712 g/mol. The first-order valence-corrected chi connectivity index (χ1v) is 16.6. The summed E-state index contributed by atoms with van der Waals surface area (Å²) in [5.41, 5.74) is 0.813. The summed E-state index contributed by atoms with van der Waals surface area (Å²) in [7, 11) is 0. The van der Waals surface area contributed by atoms with Gasteiger partial charge in [-0.3, -0.25) is 0 Å². The van der Waals surface area contributed by atoms with Crippen LogP contribution in [0.3, 0.4) is 0 Å². The number of phenols is 4. The highest BCUT2D eigenvalue weighted by Crippen LogP contribution is 2.33. The first-order valence-electron chi connectivity index (χ1n) is 16.6. The van der Waals surface area contributed by atoms with Gasteiger partial charge in [0.15, 0.2) is 48.0 Å². The van der Waals surface area contributed by atoms with Crippen LogP contribution in [0.5, 0.6) is 23.0 Å². The average Bonchev–Trinajstić information content (AvgIpc) is 3.13. The molecule has 11 N–H and O–H groups in total. The molecule has 3 saturated heterocycles. The van der Waals surface area contributed by atoms with Gasteiger partial charge in [-0.2, -0.15) is 0 Å². The third kappa shape index (κ3) is 9.72. The standard InChI is InChI=1S/C34H44O19/c1-14-24(41)26(43)28(45)34(50-14)53-31-29(46)33(47-9-8-16-3-6-18(36)20(38)11-16)51-22(13-49-32-27(44)25(42)21(39)12-48-32)30(31)52-23(40)7-4-15-2-5-17(35)19(37)10-15/h2-7,10-11,14,21-22,24-39,41-46H,8-9,12-13H2,1H3/b7-4+/t14-,21-,22+,24+,25-,26+,27+,28+,29+,30-,31+,32+,33-,34+/m1/s1. The van der Waals surface area contributed by atoms with Crippen LogP contribution in [-0.2, 0) is 44.4 Å². The van der Waals surface area contributed by atoms with Crippen molar-refractivity contribution in [3.8, 4) is 23.0 Å². The molecule has 53 heavy (non-hydrogen) atoms. The summed E-state index contributed by atoms with van der Waals surface area (Å²) in [6, 6.07) is 7.83. The highest BCUT2D eigenvalue weighted by Gasteiger charge is 2.53. The topological polar surface area (TPSA) is 304 Å². The van der Waals surface area contributed by atoms with E-state index in [1.807, 2.05) is 0 Å². The first-order chi connectivity index (χ1) is 25.1. The lowest BCUT2D eigenvalue weighted by molar-refractivity contribution is -0.362. The number of aliphatic hydroxyl groups excluding tert-OH is 7. The number of benzene rings is 2.